The van der Waals surface area contributed by atoms with E-state index in [4.69, 9.17) is 0 Å². The summed E-state index contributed by atoms with van der Waals surface area (Å²) in [6, 6.07) is 7.72. The van der Waals surface area contributed by atoms with Crippen molar-refractivity contribution in [3.8, 4) is 0 Å². The van der Waals surface area contributed by atoms with Gasteiger partial charge in [-0.1, -0.05) is 49.8 Å². The summed E-state index contributed by atoms with van der Waals surface area (Å²) in [5, 5.41) is 0. The summed E-state index contributed by atoms with van der Waals surface area (Å²) in [5.41, 5.74) is 1.90. The number of carbonyl (C=O) groups excluding carboxylic acids is 2. The minimum absolute atomic E-state index is 0.0781. The van der Waals surface area contributed by atoms with Gasteiger partial charge in [-0.3, -0.25) is 9.59 Å². The zero-order chi connectivity index (χ0) is 18.4. The molecular weight excluding hydrogens is 324 g/mol. The van der Waals surface area contributed by atoms with Crippen LogP contribution in [0.1, 0.15) is 67.3 Å². The fourth-order valence-electron chi connectivity index (χ4n) is 4.21. The number of amides is 2. The summed E-state index contributed by atoms with van der Waals surface area (Å²) in [4.78, 5) is 28.8. The second-order valence-corrected chi connectivity index (χ2v) is 7.94. The molecule has 1 aromatic carbocycles. The first-order chi connectivity index (χ1) is 12.6. The number of aryl methyl sites for hydroxylation is 1. The number of rotatable bonds is 5. The van der Waals surface area contributed by atoms with E-state index in [0.29, 0.717) is 32.6 Å². The van der Waals surface area contributed by atoms with Crippen LogP contribution in [0.15, 0.2) is 24.3 Å². The average molecular weight is 357 g/mol. The highest BCUT2D eigenvalue weighted by Crippen LogP contribution is 2.27. The molecule has 2 fully saturated rings. The summed E-state index contributed by atoms with van der Waals surface area (Å²) in [7, 11) is 0. The number of nitrogens with zero attached hydrogens (tertiary/aromatic N) is 2. The smallest absolute Gasteiger partial charge is 0.253 e. The standard InChI is InChI=1S/C22H32N2O2/c1-18-10-12-20(13-11-18)22(26)24-16-14-23(15-17-24)21(25)9-5-8-19-6-3-2-4-7-19/h10-13,19H,2-9,14-17H2,1H3. The van der Waals surface area contributed by atoms with E-state index < -0.39 is 0 Å². The van der Waals surface area contributed by atoms with Crippen molar-refractivity contribution in [3.05, 3.63) is 35.4 Å². The Morgan fingerprint density at radius 3 is 2.19 bits per heavy atom. The molecule has 1 aliphatic heterocycles. The molecule has 0 bridgehead atoms. The first kappa shape index (κ1) is 18.9. The lowest BCUT2D eigenvalue weighted by atomic mass is 9.86. The molecule has 1 saturated heterocycles. The van der Waals surface area contributed by atoms with Crippen LogP contribution in [0.3, 0.4) is 0 Å². The van der Waals surface area contributed by atoms with Gasteiger partial charge in [-0.15, -0.1) is 0 Å². The monoisotopic (exact) mass is 356 g/mol. The topological polar surface area (TPSA) is 40.6 Å². The van der Waals surface area contributed by atoms with E-state index >= 15 is 0 Å². The van der Waals surface area contributed by atoms with Gasteiger partial charge < -0.3 is 9.80 Å². The highest BCUT2D eigenvalue weighted by atomic mass is 16.2. The van der Waals surface area contributed by atoms with E-state index in [2.05, 4.69) is 0 Å². The fourth-order valence-corrected chi connectivity index (χ4v) is 4.21. The Bertz CT molecular complexity index is 597. The molecule has 0 radical (unpaired) electrons. The van der Waals surface area contributed by atoms with Crippen molar-refractivity contribution in [2.24, 2.45) is 5.92 Å². The van der Waals surface area contributed by atoms with Crippen LogP contribution < -0.4 is 0 Å². The maximum Gasteiger partial charge on any atom is 0.253 e. The van der Waals surface area contributed by atoms with Crippen molar-refractivity contribution in [1.29, 1.82) is 0 Å². The first-order valence-electron chi connectivity index (χ1n) is 10.3. The van der Waals surface area contributed by atoms with Crippen molar-refractivity contribution in [2.45, 2.75) is 58.3 Å². The van der Waals surface area contributed by atoms with Crippen molar-refractivity contribution < 1.29 is 9.59 Å². The molecule has 2 amide bonds. The lowest BCUT2D eigenvalue weighted by molar-refractivity contribution is -0.132. The minimum Gasteiger partial charge on any atom is -0.339 e. The Morgan fingerprint density at radius 2 is 1.54 bits per heavy atom. The van der Waals surface area contributed by atoms with Gasteiger partial charge in [-0.2, -0.15) is 0 Å². The van der Waals surface area contributed by atoms with Gasteiger partial charge in [0.05, 0.1) is 0 Å². The van der Waals surface area contributed by atoms with Crippen LogP contribution in [-0.4, -0.2) is 47.8 Å². The summed E-state index contributed by atoms with van der Waals surface area (Å²) in [6.45, 7) is 4.63. The van der Waals surface area contributed by atoms with E-state index in [1.165, 1.54) is 38.5 Å². The van der Waals surface area contributed by atoms with Crippen LogP contribution in [-0.2, 0) is 4.79 Å². The lowest BCUT2D eigenvalue weighted by Crippen LogP contribution is -2.50. The number of benzene rings is 1. The average Bonchev–Trinajstić information content (AvgIpc) is 2.69. The second kappa shape index (κ2) is 9.20. The molecule has 0 N–H and O–H groups in total. The number of hydrogen-bond acceptors (Lipinski definition) is 2. The van der Waals surface area contributed by atoms with Crippen LogP contribution in [0.2, 0.25) is 0 Å². The molecule has 1 heterocycles. The molecule has 4 nitrogen and oxygen atoms in total. The van der Waals surface area contributed by atoms with Gasteiger partial charge >= 0.3 is 0 Å². The summed E-state index contributed by atoms with van der Waals surface area (Å²) in [5.74, 6) is 1.19. The molecule has 1 saturated carbocycles. The molecule has 4 heteroatoms. The van der Waals surface area contributed by atoms with E-state index in [-0.39, 0.29) is 11.8 Å². The molecular formula is C22H32N2O2. The highest BCUT2D eigenvalue weighted by molar-refractivity contribution is 5.94. The number of carbonyl (C=O) groups is 2. The number of piperazine rings is 1. The predicted octanol–water partition coefficient (Wildman–Crippen LogP) is 4.03. The third kappa shape index (κ3) is 5.09. The largest absolute Gasteiger partial charge is 0.339 e. The van der Waals surface area contributed by atoms with Crippen molar-refractivity contribution in [1.82, 2.24) is 9.80 Å². The van der Waals surface area contributed by atoms with Gasteiger partial charge in [-0.25, -0.2) is 0 Å². The molecule has 0 spiro atoms. The molecule has 1 aromatic rings. The maximum absolute atomic E-state index is 12.6. The van der Waals surface area contributed by atoms with Gasteiger partial charge in [0.15, 0.2) is 0 Å². The summed E-state index contributed by atoms with van der Waals surface area (Å²) < 4.78 is 0. The Labute approximate surface area is 157 Å². The molecule has 26 heavy (non-hydrogen) atoms. The lowest BCUT2D eigenvalue weighted by Gasteiger charge is -2.35. The van der Waals surface area contributed by atoms with E-state index in [0.717, 1.165) is 23.5 Å². The van der Waals surface area contributed by atoms with Gasteiger partial charge in [0.25, 0.3) is 5.91 Å². The van der Waals surface area contributed by atoms with Gasteiger partial charge in [0.2, 0.25) is 5.91 Å². The van der Waals surface area contributed by atoms with Crippen LogP contribution in [0.25, 0.3) is 0 Å². The van der Waals surface area contributed by atoms with Gasteiger partial charge in [0, 0.05) is 38.2 Å². The van der Waals surface area contributed by atoms with Crippen LogP contribution in [0.5, 0.6) is 0 Å². The van der Waals surface area contributed by atoms with Crippen LogP contribution in [0.4, 0.5) is 0 Å². The highest BCUT2D eigenvalue weighted by Gasteiger charge is 2.24. The Morgan fingerprint density at radius 1 is 0.923 bits per heavy atom. The molecule has 3 rings (SSSR count). The molecule has 2 aliphatic rings. The van der Waals surface area contributed by atoms with E-state index in [1.54, 1.807) is 0 Å². The van der Waals surface area contributed by atoms with Crippen molar-refractivity contribution in [3.63, 3.8) is 0 Å². The normalized spacial score (nSPS) is 18.8. The Hall–Kier alpha value is -1.84. The van der Waals surface area contributed by atoms with Crippen LogP contribution in [0, 0.1) is 12.8 Å². The first-order valence-corrected chi connectivity index (χ1v) is 10.3. The van der Waals surface area contributed by atoms with Gasteiger partial charge in [-0.05, 0) is 37.8 Å². The zero-order valence-corrected chi connectivity index (χ0v) is 16.1. The molecule has 0 unspecified atom stereocenters. The van der Waals surface area contributed by atoms with E-state index in [1.807, 2.05) is 41.0 Å². The summed E-state index contributed by atoms with van der Waals surface area (Å²) >= 11 is 0. The van der Waals surface area contributed by atoms with E-state index in [9.17, 15) is 9.59 Å². The predicted molar refractivity (Wildman–Crippen MR) is 104 cm³/mol. The summed E-state index contributed by atoms with van der Waals surface area (Å²) in [6.07, 6.45) is 9.74. The molecule has 1 aliphatic carbocycles. The van der Waals surface area contributed by atoms with Crippen molar-refractivity contribution in [2.75, 3.05) is 26.2 Å². The molecule has 0 aromatic heterocycles. The SMILES string of the molecule is Cc1ccc(C(=O)N2CCN(C(=O)CCCC3CCCCC3)CC2)cc1. The number of hydrogen-bond donors (Lipinski definition) is 0. The third-order valence-corrected chi connectivity index (χ3v) is 5.95. The maximum atomic E-state index is 12.6. The quantitative estimate of drug-likeness (QED) is 0.799. The fraction of sp³-hybridized carbons (Fsp3) is 0.636. The van der Waals surface area contributed by atoms with Crippen molar-refractivity contribution >= 4 is 11.8 Å². The van der Waals surface area contributed by atoms with Gasteiger partial charge in [0.1, 0.15) is 0 Å². The third-order valence-electron chi connectivity index (χ3n) is 5.95. The van der Waals surface area contributed by atoms with Crippen LogP contribution >= 0.6 is 0 Å². The zero-order valence-electron chi connectivity index (χ0n) is 16.1. The minimum atomic E-state index is 0.0781. The Kier molecular flexibility index (Phi) is 6.70. The second-order valence-electron chi connectivity index (χ2n) is 7.94. The Balaban J connectivity index is 1.39. The molecule has 0 atom stereocenters. The molecule has 142 valence electrons.